The molecule has 0 aromatic heterocycles. The topological polar surface area (TPSA) is 26.3 Å². The maximum atomic E-state index is 13.1. The fraction of sp³-hybridized carbons (Fsp3) is 0.700. The summed E-state index contributed by atoms with van der Waals surface area (Å²) in [6.07, 6.45) is -15.3. The molecule has 0 fully saturated rings. The Morgan fingerprint density at radius 3 is 1.52 bits per heavy atom. The lowest BCUT2D eigenvalue weighted by Crippen LogP contribution is -2.67. The van der Waals surface area contributed by atoms with Crippen LogP contribution in [-0.4, -0.2) is 48.6 Å². The molecule has 0 N–H and O–H groups in total. The molecule has 0 aliphatic carbocycles. The molecule has 2 nitrogen and oxygen atoms in total. The molecule has 15 heteroatoms. The zero-order chi connectivity index (χ0) is 20.6. The van der Waals surface area contributed by atoms with Gasteiger partial charge in [-0.05, 0) is 0 Å². The van der Waals surface area contributed by atoms with E-state index >= 15 is 0 Å². The van der Waals surface area contributed by atoms with Gasteiger partial charge in [-0.2, -0.15) is 39.5 Å². The summed E-state index contributed by atoms with van der Waals surface area (Å²) in [5.74, 6) is -31.3. The predicted octanol–water partition coefficient (Wildman–Crippen LogP) is 4.72. The van der Waals surface area contributed by atoms with Crippen molar-refractivity contribution < 1.29 is 62.2 Å². The van der Waals surface area contributed by atoms with Gasteiger partial charge >= 0.3 is 36.0 Å². The Morgan fingerprint density at radius 1 is 0.840 bits per heavy atom. The lowest BCUT2D eigenvalue weighted by molar-refractivity contribution is -0.399. The zero-order valence-corrected chi connectivity index (χ0v) is 11.9. The largest absolute Gasteiger partial charge is 0.420 e. The molecule has 0 radical (unpaired) electrons. The molecule has 0 aromatic rings. The molecule has 2 unspecified atom stereocenters. The standard InChI is InChI=1S/C10H5ClF12O2/c1-2(11)5(24)25-6(15)8(18,19)10(22,23)9(20,21)7(16,17)3(12)4(13)14/h3-4,6H,1H2. The van der Waals surface area contributed by atoms with E-state index in [1.165, 1.54) is 0 Å². The van der Waals surface area contributed by atoms with E-state index in [1.54, 1.807) is 0 Å². The number of halogens is 13. The van der Waals surface area contributed by atoms with Crippen molar-refractivity contribution in [3.05, 3.63) is 11.6 Å². The van der Waals surface area contributed by atoms with E-state index in [9.17, 15) is 57.5 Å². The Bertz CT molecular complexity index is 520. The summed E-state index contributed by atoms with van der Waals surface area (Å²) in [6.45, 7) is 2.47. The zero-order valence-electron chi connectivity index (χ0n) is 11.2. The Balaban J connectivity index is 5.91. The first-order chi connectivity index (χ1) is 10.9. The number of ether oxygens (including phenoxy) is 1. The van der Waals surface area contributed by atoms with Crippen molar-refractivity contribution in [3.8, 4) is 0 Å². The first-order valence-electron chi connectivity index (χ1n) is 5.48. The second-order valence-corrected chi connectivity index (χ2v) is 4.71. The molecule has 25 heavy (non-hydrogen) atoms. The number of carbonyl (C=O) groups is 1. The molecule has 2 atom stereocenters. The average Bonchev–Trinajstić information content (AvgIpc) is 2.44. The number of alkyl halides is 12. The summed E-state index contributed by atoms with van der Waals surface area (Å²) in [5.41, 5.74) is 0. The highest BCUT2D eigenvalue weighted by atomic mass is 35.5. The molecule has 0 aromatic carbocycles. The molecule has 0 aliphatic heterocycles. The summed E-state index contributed by atoms with van der Waals surface area (Å²) in [5, 5.41) is -1.39. The van der Waals surface area contributed by atoms with Crippen molar-refractivity contribution >= 4 is 17.6 Å². The molecular formula is C10H5ClF12O2. The van der Waals surface area contributed by atoms with Gasteiger partial charge in [0.1, 0.15) is 5.03 Å². The third-order valence-corrected chi connectivity index (χ3v) is 2.67. The molecule has 0 amide bonds. The van der Waals surface area contributed by atoms with Crippen LogP contribution in [0.1, 0.15) is 0 Å². The third-order valence-electron chi connectivity index (χ3n) is 2.52. The Kier molecular flexibility index (Phi) is 6.73. The molecular weight excluding hydrogens is 416 g/mol. The van der Waals surface area contributed by atoms with Gasteiger partial charge in [-0.15, -0.1) is 0 Å². The van der Waals surface area contributed by atoms with Crippen molar-refractivity contribution in [2.45, 2.75) is 42.6 Å². The van der Waals surface area contributed by atoms with E-state index in [0.717, 1.165) is 0 Å². The van der Waals surface area contributed by atoms with E-state index < -0.39 is 53.6 Å². The van der Waals surface area contributed by atoms with Gasteiger partial charge < -0.3 is 4.74 Å². The van der Waals surface area contributed by atoms with E-state index in [4.69, 9.17) is 11.6 Å². The van der Waals surface area contributed by atoms with Gasteiger partial charge in [0, 0.05) is 0 Å². The number of hydrogen-bond acceptors (Lipinski definition) is 2. The molecule has 0 saturated heterocycles. The van der Waals surface area contributed by atoms with Crippen LogP contribution in [0, 0.1) is 0 Å². The highest BCUT2D eigenvalue weighted by Gasteiger charge is 2.85. The highest BCUT2D eigenvalue weighted by Crippen LogP contribution is 2.56. The van der Waals surface area contributed by atoms with Gasteiger partial charge in [-0.1, -0.05) is 18.2 Å². The van der Waals surface area contributed by atoms with Crippen molar-refractivity contribution in [2.75, 3.05) is 0 Å². The minimum absolute atomic E-state index is 1.39. The monoisotopic (exact) mass is 420 g/mol. The van der Waals surface area contributed by atoms with Crippen LogP contribution in [0.4, 0.5) is 52.7 Å². The van der Waals surface area contributed by atoms with Crippen molar-refractivity contribution in [3.63, 3.8) is 0 Å². The van der Waals surface area contributed by atoms with E-state index in [2.05, 4.69) is 11.3 Å². The summed E-state index contributed by atoms with van der Waals surface area (Å²) in [6, 6.07) is 0. The maximum Gasteiger partial charge on any atom is 0.385 e. The van der Waals surface area contributed by atoms with E-state index in [1.807, 2.05) is 0 Å². The van der Waals surface area contributed by atoms with Gasteiger partial charge in [0.25, 0.3) is 6.43 Å². The van der Waals surface area contributed by atoms with Gasteiger partial charge in [0.2, 0.25) is 6.17 Å². The summed E-state index contributed by atoms with van der Waals surface area (Å²) in [4.78, 5) is 10.6. The number of esters is 1. The number of carbonyl (C=O) groups excluding carboxylic acids is 1. The number of rotatable bonds is 8. The maximum absolute atomic E-state index is 13.1. The van der Waals surface area contributed by atoms with E-state index in [0.29, 0.717) is 0 Å². The van der Waals surface area contributed by atoms with Gasteiger partial charge in [0.05, 0.1) is 0 Å². The quantitative estimate of drug-likeness (QED) is 0.323. The fourth-order valence-electron chi connectivity index (χ4n) is 1.12. The Hall–Kier alpha value is -1.34. The molecule has 0 bridgehead atoms. The molecule has 0 heterocycles. The average molecular weight is 421 g/mol. The van der Waals surface area contributed by atoms with Crippen LogP contribution < -0.4 is 0 Å². The van der Waals surface area contributed by atoms with Crippen LogP contribution >= 0.6 is 11.6 Å². The van der Waals surface area contributed by atoms with Crippen LogP contribution in [0.15, 0.2) is 11.6 Å². The van der Waals surface area contributed by atoms with Crippen LogP contribution in [-0.2, 0) is 9.53 Å². The molecule has 0 spiro atoms. The molecule has 0 saturated carbocycles. The highest BCUT2D eigenvalue weighted by molar-refractivity contribution is 6.40. The van der Waals surface area contributed by atoms with Gasteiger partial charge in [-0.3, -0.25) is 0 Å². The molecule has 148 valence electrons. The molecule has 0 aliphatic rings. The first-order valence-corrected chi connectivity index (χ1v) is 5.86. The van der Waals surface area contributed by atoms with Gasteiger partial charge in [0.15, 0.2) is 0 Å². The second kappa shape index (κ2) is 7.11. The first kappa shape index (κ1) is 23.7. The third kappa shape index (κ3) is 3.92. The summed E-state index contributed by atoms with van der Waals surface area (Å²) < 4.78 is 156. The summed E-state index contributed by atoms with van der Waals surface area (Å²) in [7, 11) is 0. The Morgan fingerprint density at radius 2 is 1.20 bits per heavy atom. The van der Waals surface area contributed by atoms with E-state index in [-0.39, 0.29) is 0 Å². The van der Waals surface area contributed by atoms with Gasteiger partial charge in [-0.25, -0.2) is 18.0 Å². The normalized spacial score (nSPS) is 16.6. The smallest absolute Gasteiger partial charge is 0.385 e. The van der Waals surface area contributed by atoms with Crippen LogP contribution in [0.3, 0.4) is 0 Å². The molecule has 0 rings (SSSR count). The minimum Gasteiger partial charge on any atom is -0.420 e. The Labute approximate surface area is 135 Å². The van der Waals surface area contributed by atoms with Crippen molar-refractivity contribution in [2.24, 2.45) is 0 Å². The van der Waals surface area contributed by atoms with Crippen LogP contribution in [0.5, 0.6) is 0 Å². The summed E-state index contributed by atoms with van der Waals surface area (Å²) >= 11 is 4.71. The lowest BCUT2D eigenvalue weighted by atomic mass is 9.95. The number of hydrogen-bond donors (Lipinski definition) is 0. The van der Waals surface area contributed by atoms with Crippen LogP contribution in [0.2, 0.25) is 0 Å². The van der Waals surface area contributed by atoms with Crippen LogP contribution in [0.25, 0.3) is 0 Å². The predicted molar refractivity (Wildman–Crippen MR) is 56.7 cm³/mol. The van der Waals surface area contributed by atoms with Crippen molar-refractivity contribution in [1.29, 1.82) is 0 Å². The SMILES string of the molecule is C=C(Cl)C(=O)OC(F)C(F)(F)C(F)(F)C(F)(F)C(F)(F)C(F)C(F)F. The van der Waals surface area contributed by atoms with Crippen molar-refractivity contribution in [1.82, 2.24) is 0 Å². The lowest BCUT2D eigenvalue weighted by Gasteiger charge is -2.38. The minimum atomic E-state index is -7.52. The fourth-order valence-corrected chi connectivity index (χ4v) is 1.17. The second-order valence-electron chi connectivity index (χ2n) is 4.26.